The average Bonchev–Trinajstić information content (AvgIpc) is 3.14. The molecule has 0 fully saturated rings. The molecule has 0 spiro atoms. The highest BCUT2D eigenvalue weighted by Crippen LogP contribution is 2.29. The Labute approximate surface area is 192 Å². The first kappa shape index (κ1) is 22.1. The van der Waals surface area contributed by atoms with Gasteiger partial charge in [-0.2, -0.15) is 0 Å². The topological polar surface area (TPSA) is 79.0 Å². The molecule has 0 radical (unpaired) electrons. The number of carbonyl (C=O) groups excluding carboxylic acids is 1. The molecule has 0 atom stereocenters. The molecule has 0 unspecified atom stereocenters. The van der Waals surface area contributed by atoms with Crippen LogP contribution >= 0.6 is 22.9 Å². The fourth-order valence-corrected chi connectivity index (χ4v) is 4.60. The number of nitrogens with one attached hydrogen (secondary N) is 1. The summed E-state index contributed by atoms with van der Waals surface area (Å²) in [6, 6.07) is 10.9. The van der Waals surface area contributed by atoms with Crippen molar-refractivity contribution in [2.75, 3.05) is 6.54 Å². The average molecular weight is 471 g/mol. The van der Waals surface area contributed by atoms with E-state index in [0.29, 0.717) is 43.9 Å². The highest BCUT2D eigenvalue weighted by atomic mass is 35.5. The quantitative estimate of drug-likeness (QED) is 0.420. The maximum absolute atomic E-state index is 13.4. The van der Waals surface area contributed by atoms with E-state index in [-0.39, 0.29) is 23.8 Å². The molecular formula is C23H20ClFN4O2S. The molecule has 2 heterocycles. The number of H-pyrrole nitrogens is 1. The van der Waals surface area contributed by atoms with Gasteiger partial charge in [0.25, 0.3) is 11.5 Å². The summed E-state index contributed by atoms with van der Waals surface area (Å²) in [5.41, 5.74) is 1.55. The molecule has 2 aromatic heterocycles. The minimum absolute atomic E-state index is 0.146. The van der Waals surface area contributed by atoms with E-state index in [2.05, 4.69) is 15.0 Å². The van der Waals surface area contributed by atoms with Gasteiger partial charge >= 0.3 is 0 Å². The van der Waals surface area contributed by atoms with Gasteiger partial charge in [0.1, 0.15) is 21.5 Å². The molecular weight excluding hydrogens is 451 g/mol. The predicted octanol–water partition coefficient (Wildman–Crippen LogP) is 5.20. The van der Waals surface area contributed by atoms with Crippen LogP contribution in [0.3, 0.4) is 0 Å². The Hall–Kier alpha value is -3.10. The lowest BCUT2D eigenvalue weighted by Crippen LogP contribution is -2.32. The summed E-state index contributed by atoms with van der Waals surface area (Å²) in [6.07, 6.45) is 0.734. The Morgan fingerprint density at radius 2 is 1.94 bits per heavy atom. The number of carbonyl (C=O) groups is 1. The van der Waals surface area contributed by atoms with E-state index < -0.39 is 0 Å². The van der Waals surface area contributed by atoms with E-state index in [1.165, 1.54) is 23.5 Å². The molecule has 0 aliphatic carbocycles. The third-order valence-corrected chi connectivity index (χ3v) is 6.35. The number of nitrogens with zero attached hydrogens (tertiary/aromatic N) is 3. The molecule has 2 aromatic carbocycles. The van der Waals surface area contributed by atoms with Gasteiger partial charge in [0.05, 0.1) is 23.1 Å². The monoisotopic (exact) mass is 470 g/mol. The number of thiazole rings is 1. The van der Waals surface area contributed by atoms with Crippen LogP contribution < -0.4 is 5.56 Å². The molecule has 0 bridgehead atoms. The lowest BCUT2D eigenvalue weighted by atomic mass is 10.2. The summed E-state index contributed by atoms with van der Waals surface area (Å²) in [5.74, 6) is -0.137. The van der Waals surface area contributed by atoms with Crippen LogP contribution in [0.1, 0.15) is 34.5 Å². The number of hydrogen-bond donors (Lipinski definition) is 1. The van der Waals surface area contributed by atoms with Crippen LogP contribution in [0.2, 0.25) is 5.02 Å². The maximum Gasteiger partial charge on any atom is 0.266 e. The van der Waals surface area contributed by atoms with Crippen molar-refractivity contribution in [2.45, 2.75) is 26.8 Å². The van der Waals surface area contributed by atoms with Crippen molar-refractivity contribution >= 4 is 39.7 Å². The molecule has 0 aliphatic heterocycles. The number of aryl methyl sites for hydroxylation is 1. The van der Waals surface area contributed by atoms with Gasteiger partial charge in [0, 0.05) is 17.1 Å². The number of benzene rings is 2. The molecule has 0 saturated heterocycles. The van der Waals surface area contributed by atoms with Crippen molar-refractivity contribution in [3.63, 3.8) is 0 Å². The highest BCUT2D eigenvalue weighted by molar-refractivity contribution is 7.17. The molecule has 4 aromatic rings. The van der Waals surface area contributed by atoms with Crippen molar-refractivity contribution in [3.05, 3.63) is 80.1 Å². The zero-order valence-corrected chi connectivity index (χ0v) is 19.1. The SMILES string of the molecule is CCCN(Cc1nc2cc(Cl)ccc2c(=O)[nH]1)C(=O)c1sc(-c2ccc(F)cc2)nc1C. The zero-order valence-electron chi connectivity index (χ0n) is 17.5. The fraction of sp³-hybridized carbons (Fsp3) is 0.217. The van der Waals surface area contributed by atoms with Gasteiger partial charge in [-0.3, -0.25) is 9.59 Å². The lowest BCUT2D eigenvalue weighted by Gasteiger charge is -2.21. The van der Waals surface area contributed by atoms with Crippen molar-refractivity contribution < 1.29 is 9.18 Å². The van der Waals surface area contributed by atoms with Gasteiger partial charge in [-0.25, -0.2) is 14.4 Å². The molecule has 6 nitrogen and oxygen atoms in total. The van der Waals surface area contributed by atoms with Crippen LogP contribution in [0, 0.1) is 12.7 Å². The molecule has 4 rings (SSSR count). The number of hydrogen-bond acceptors (Lipinski definition) is 5. The number of halogens is 2. The van der Waals surface area contributed by atoms with Crippen LogP contribution in [-0.2, 0) is 6.54 Å². The minimum atomic E-state index is -0.328. The van der Waals surface area contributed by atoms with Crippen LogP contribution in [0.15, 0.2) is 47.3 Å². The minimum Gasteiger partial charge on any atom is -0.330 e. The Balaban J connectivity index is 1.64. The molecule has 32 heavy (non-hydrogen) atoms. The fourth-order valence-electron chi connectivity index (χ4n) is 3.39. The summed E-state index contributed by atoms with van der Waals surface area (Å²) >= 11 is 7.31. The van der Waals surface area contributed by atoms with Gasteiger partial charge in [-0.15, -0.1) is 11.3 Å². The number of aromatic amines is 1. The van der Waals surface area contributed by atoms with Crippen LogP contribution in [-0.4, -0.2) is 32.3 Å². The van der Waals surface area contributed by atoms with E-state index in [1.807, 2.05) is 6.92 Å². The highest BCUT2D eigenvalue weighted by Gasteiger charge is 2.23. The second kappa shape index (κ2) is 9.18. The summed E-state index contributed by atoms with van der Waals surface area (Å²) in [6.45, 7) is 4.38. The Kier molecular flexibility index (Phi) is 6.34. The van der Waals surface area contributed by atoms with Crippen LogP contribution in [0.25, 0.3) is 21.5 Å². The van der Waals surface area contributed by atoms with Gasteiger partial charge in [-0.1, -0.05) is 18.5 Å². The first-order valence-electron chi connectivity index (χ1n) is 10.1. The van der Waals surface area contributed by atoms with Crippen molar-refractivity contribution in [3.8, 4) is 10.6 Å². The number of aromatic nitrogens is 3. The van der Waals surface area contributed by atoms with Gasteiger partial charge in [0.2, 0.25) is 0 Å². The van der Waals surface area contributed by atoms with Crippen LogP contribution in [0.4, 0.5) is 4.39 Å². The molecule has 164 valence electrons. The van der Waals surface area contributed by atoms with E-state index in [4.69, 9.17) is 11.6 Å². The summed E-state index contributed by atoms with van der Waals surface area (Å²) in [4.78, 5) is 39.7. The zero-order chi connectivity index (χ0) is 22.8. The van der Waals surface area contributed by atoms with Crippen LogP contribution in [0.5, 0.6) is 0 Å². The van der Waals surface area contributed by atoms with E-state index in [0.717, 1.165) is 12.0 Å². The molecule has 0 saturated carbocycles. The summed E-state index contributed by atoms with van der Waals surface area (Å²) < 4.78 is 13.2. The van der Waals surface area contributed by atoms with Crippen molar-refractivity contribution in [1.29, 1.82) is 0 Å². The lowest BCUT2D eigenvalue weighted by molar-refractivity contribution is 0.0743. The van der Waals surface area contributed by atoms with Gasteiger partial charge in [-0.05, 0) is 55.8 Å². The normalized spacial score (nSPS) is 11.1. The van der Waals surface area contributed by atoms with E-state index in [1.54, 1.807) is 42.2 Å². The standard InChI is InChI=1S/C23H20ClFN4O2S/c1-3-10-29(12-19-27-18-11-15(24)6-9-17(18)21(30)28-19)23(31)20-13(2)26-22(32-20)14-4-7-16(25)8-5-14/h4-9,11H,3,10,12H2,1-2H3,(H,27,28,30). The number of amides is 1. The molecule has 1 amide bonds. The molecule has 9 heteroatoms. The smallest absolute Gasteiger partial charge is 0.266 e. The predicted molar refractivity (Wildman–Crippen MR) is 125 cm³/mol. The first-order valence-corrected chi connectivity index (χ1v) is 11.3. The van der Waals surface area contributed by atoms with Crippen molar-refractivity contribution in [1.82, 2.24) is 19.9 Å². The van der Waals surface area contributed by atoms with Gasteiger partial charge in [0.15, 0.2) is 0 Å². The second-order valence-corrected chi connectivity index (χ2v) is 8.78. The first-order chi connectivity index (χ1) is 15.4. The van der Waals surface area contributed by atoms with Crippen molar-refractivity contribution in [2.24, 2.45) is 0 Å². The second-order valence-electron chi connectivity index (χ2n) is 7.34. The summed E-state index contributed by atoms with van der Waals surface area (Å²) in [5, 5.41) is 1.57. The number of rotatable bonds is 6. The third kappa shape index (κ3) is 4.56. The Morgan fingerprint density at radius 1 is 1.19 bits per heavy atom. The molecule has 0 aliphatic rings. The van der Waals surface area contributed by atoms with Gasteiger partial charge < -0.3 is 9.88 Å². The summed E-state index contributed by atoms with van der Waals surface area (Å²) in [7, 11) is 0. The Bertz CT molecular complexity index is 1350. The largest absolute Gasteiger partial charge is 0.330 e. The van der Waals surface area contributed by atoms with E-state index >= 15 is 0 Å². The van der Waals surface area contributed by atoms with E-state index in [9.17, 15) is 14.0 Å². The molecule has 1 N–H and O–H groups in total. The number of fused-ring (bicyclic) bond motifs is 1. The third-order valence-electron chi connectivity index (χ3n) is 4.92. The maximum atomic E-state index is 13.4. The Morgan fingerprint density at radius 3 is 2.66 bits per heavy atom.